The normalized spacial score (nSPS) is 11.0. The highest BCUT2D eigenvalue weighted by atomic mass is 32.2. The molecular formula is C19H17F2N3O2S. The van der Waals surface area contributed by atoms with E-state index in [2.05, 4.69) is 14.9 Å². The van der Waals surface area contributed by atoms with Gasteiger partial charge >= 0.3 is 6.61 Å². The van der Waals surface area contributed by atoms with Crippen LogP contribution in [-0.2, 0) is 6.54 Å². The van der Waals surface area contributed by atoms with E-state index in [0.29, 0.717) is 17.3 Å². The number of hydrogen-bond donors (Lipinski definition) is 0. The molecule has 0 N–H and O–H groups in total. The summed E-state index contributed by atoms with van der Waals surface area (Å²) >= 11 is 1.29. The molecule has 3 rings (SSSR count). The average Bonchev–Trinajstić information content (AvgIpc) is 3.10. The Morgan fingerprint density at radius 3 is 2.44 bits per heavy atom. The number of carbonyl (C=O) groups excluding carboxylic acids is 1. The van der Waals surface area contributed by atoms with Crippen LogP contribution in [0.5, 0.6) is 5.75 Å². The molecule has 0 spiro atoms. The van der Waals surface area contributed by atoms with Crippen molar-refractivity contribution in [2.75, 3.05) is 5.75 Å². The van der Waals surface area contributed by atoms with Crippen LogP contribution in [0.4, 0.5) is 8.78 Å². The summed E-state index contributed by atoms with van der Waals surface area (Å²) < 4.78 is 30.6. The zero-order chi connectivity index (χ0) is 19.2. The van der Waals surface area contributed by atoms with E-state index < -0.39 is 6.61 Å². The standard InChI is InChI=1S/C19H17F2N3O2S/c1-2-24-17(14-6-4-3-5-7-14)22-23-19(24)27-12-16(25)13-8-10-15(11-9-13)26-18(20)21/h3-11,18H,2,12H2,1H3. The Morgan fingerprint density at radius 2 is 1.81 bits per heavy atom. The molecule has 5 nitrogen and oxygen atoms in total. The molecule has 0 fully saturated rings. The van der Waals surface area contributed by atoms with E-state index in [4.69, 9.17) is 0 Å². The first-order valence-electron chi connectivity index (χ1n) is 8.28. The maximum Gasteiger partial charge on any atom is 0.387 e. The molecule has 0 amide bonds. The number of rotatable bonds is 8. The summed E-state index contributed by atoms with van der Waals surface area (Å²) in [5.41, 5.74) is 1.38. The van der Waals surface area contributed by atoms with Gasteiger partial charge in [-0.3, -0.25) is 4.79 Å². The molecule has 1 aromatic heterocycles. The van der Waals surface area contributed by atoms with Gasteiger partial charge in [-0.25, -0.2) is 0 Å². The number of halogens is 2. The predicted octanol–water partition coefficient (Wildman–Crippen LogP) is 4.54. The molecule has 0 radical (unpaired) electrons. The van der Waals surface area contributed by atoms with Crippen LogP contribution in [-0.4, -0.2) is 32.9 Å². The minimum atomic E-state index is -2.89. The van der Waals surface area contributed by atoms with E-state index in [0.717, 1.165) is 11.4 Å². The number of hydrogen-bond acceptors (Lipinski definition) is 5. The first-order chi connectivity index (χ1) is 13.1. The zero-order valence-electron chi connectivity index (χ0n) is 14.5. The second kappa shape index (κ2) is 8.77. The van der Waals surface area contributed by atoms with Crippen molar-refractivity contribution in [1.82, 2.24) is 14.8 Å². The SMILES string of the molecule is CCn1c(SCC(=O)c2ccc(OC(F)F)cc2)nnc1-c1ccccc1. The van der Waals surface area contributed by atoms with Gasteiger partial charge in [0.05, 0.1) is 5.75 Å². The molecule has 0 bridgehead atoms. The Morgan fingerprint density at radius 1 is 1.11 bits per heavy atom. The lowest BCUT2D eigenvalue weighted by atomic mass is 10.1. The van der Waals surface area contributed by atoms with Gasteiger partial charge in [0, 0.05) is 17.7 Å². The lowest BCUT2D eigenvalue weighted by molar-refractivity contribution is -0.0498. The lowest BCUT2D eigenvalue weighted by Crippen LogP contribution is -2.06. The Balaban J connectivity index is 1.68. The Labute approximate surface area is 159 Å². The fourth-order valence-corrected chi connectivity index (χ4v) is 3.41. The van der Waals surface area contributed by atoms with Gasteiger partial charge < -0.3 is 9.30 Å². The first kappa shape index (κ1) is 19.0. The minimum absolute atomic E-state index is 0.0208. The molecule has 2 aromatic carbocycles. The average molecular weight is 389 g/mol. The summed E-state index contributed by atoms with van der Waals surface area (Å²) in [5.74, 6) is 0.812. The number of benzene rings is 2. The molecular weight excluding hydrogens is 372 g/mol. The third kappa shape index (κ3) is 4.71. The fraction of sp³-hybridized carbons (Fsp3) is 0.211. The summed E-state index contributed by atoms with van der Waals surface area (Å²) in [7, 11) is 0. The summed E-state index contributed by atoms with van der Waals surface area (Å²) in [6.45, 7) is -0.224. The summed E-state index contributed by atoms with van der Waals surface area (Å²) in [5, 5.41) is 9.09. The lowest BCUT2D eigenvalue weighted by Gasteiger charge is -2.07. The Hall–Kier alpha value is -2.74. The van der Waals surface area contributed by atoms with Crippen molar-refractivity contribution >= 4 is 17.5 Å². The van der Waals surface area contributed by atoms with Crippen LogP contribution in [0.2, 0.25) is 0 Å². The molecule has 1 heterocycles. The van der Waals surface area contributed by atoms with Gasteiger partial charge in [-0.1, -0.05) is 42.1 Å². The zero-order valence-corrected chi connectivity index (χ0v) is 15.3. The van der Waals surface area contributed by atoms with E-state index in [1.807, 2.05) is 41.8 Å². The molecule has 0 aliphatic carbocycles. The molecule has 0 saturated heterocycles. The van der Waals surface area contributed by atoms with Crippen molar-refractivity contribution in [2.24, 2.45) is 0 Å². The number of Topliss-reactive ketones (excluding diaryl/α,β-unsaturated/α-hetero) is 1. The molecule has 0 aliphatic rings. The molecule has 0 atom stereocenters. The highest BCUT2D eigenvalue weighted by molar-refractivity contribution is 7.99. The fourth-order valence-electron chi connectivity index (χ4n) is 2.52. The molecule has 0 saturated carbocycles. The van der Waals surface area contributed by atoms with Crippen molar-refractivity contribution in [3.63, 3.8) is 0 Å². The number of alkyl halides is 2. The van der Waals surface area contributed by atoms with E-state index in [1.54, 1.807) is 0 Å². The second-order valence-corrected chi connectivity index (χ2v) is 6.47. The van der Waals surface area contributed by atoms with Gasteiger partial charge in [0.15, 0.2) is 16.8 Å². The molecule has 8 heteroatoms. The largest absolute Gasteiger partial charge is 0.435 e. The second-order valence-electron chi connectivity index (χ2n) is 5.53. The number of carbonyl (C=O) groups is 1. The molecule has 0 aliphatic heterocycles. The quantitative estimate of drug-likeness (QED) is 0.418. The van der Waals surface area contributed by atoms with E-state index in [9.17, 15) is 13.6 Å². The molecule has 3 aromatic rings. The maximum atomic E-state index is 12.4. The van der Waals surface area contributed by atoms with Crippen LogP contribution in [0.15, 0.2) is 59.8 Å². The van der Waals surface area contributed by atoms with Crippen LogP contribution in [0.1, 0.15) is 17.3 Å². The van der Waals surface area contributed by atoms with Crippen LogP contribution >= 0.6 is 11.8 Å². The number of ketones is 1. The smallest absolute Gasteiger partial charge is 0.387 e. The number of ether oxygens (including phenoxy) is 1. The van der Waals surface area contributed by atoms with Crippen LogP contribution in [0, 0.1) is 0 Å². The van der Waals surface area contributed by atoms with Gasteiger partial charge in [0.2, 0.25) is 0 Å². The summed E-state index contributed by atoms with van der Waals surface area (Å²) in [6, 6.07) is 15.4. The third-order valence-corrected chi connectivity index (χ3v) is 4.77. The van der Waals surface area contributed by atoms with Crippen LogP contribution in [0.25, 0.3) is 11.4 Å². The van der Waals surface area contributed by atoms with E-state index in [-0.39, 0.29) is 17.3 Å². The van der Waals surface area contributed by atoms with Crippen molar-refractivity contribution in [2.45, 2.75) is 25.2 Å². The highest BCUT2D eigenvalue weighted by Gasteiger charge is 2.15. The van der Waals surface area contributed by atoms with Crippen molar-refractivity contribution in [1.29, 1.82) is 0 Å². The van der Waals surface area contributed by atoms with Crippen molar-refractivity contribution in [3.05, 3.63) is 60.2 Å². The first-order valence-corrected chi connectivity index (χ1v) is 9.26. The maximum absolute atomic E-state index is 12.4. The molecule has 27 heavy (non-hydrogen) atoms. The van der Waals surface area contributed by atoms with Gasteiger partial charge in [-0.2, -0.15) is 8.78 Å². The topological polar surface area (TPSA) is 57.0 Å². The predicted molar refractivity (Wildman–Crippen MR) is 99.3 cm³/mol. The number of aromatic nitrogens is 3. The van der Waals surface area contributed by atoms with E-state index in [1.165, 1.54) is 36.0 Å². The van der Waals surface area contributed by atoms with Gasteiger partial charge in [0.25, 0.3) is 0 Å². The van der Waals surface area contributed by atoms with Gasteiger partial charge in [-0.05, 0) is 31.2 Å². The van der Waals surface area contributed by atoms with Crippen molar-refractivity contribution in [3.8, 4) is 17.1 Å². The minimum Gasteiger partial charge on any atom is -0.435 e. The summed E-state index contributed by atoms with van der Waals surface area (Å²) in [4.78, 5) is 12.4. The van der Waals surface area contributed by atoms with Crippen LogP contribution < -0.4 is 4.74 Å². The molecule has 0 unspecified atom stereocenters. The highest BCUT2D eigenvalue weighted by Crippen LogP contribution is 2.24. The molecule has 140 valence electrons. The number of nitrogens with zero attached hydrogens (tertiary/aromatic N) is 3. The third-order valence-electron chi connectivity index (χ3n) is 3.80. The van der Waals surface area contributed by atoms with Crippen LogP contribution in [0.3, 0.4) is 0 Å². The Kier molecular flexibility index (Phi) is 6.18. The van der Waals surface area contributed by atoms with Crippen molar-refractivity contribution < 1.29 is 18.3 Å². The Bertz CT molecular complexity index is 899. The summed E-state index contributed by atoms with van der Waals surface area (Å²) in [6.07, 6.45) is 0. The monoisotopic (exact) mass is 389 g/mol. The number of thioether (sulfide) groups is 1. The van der Waals surface area contributed by atoms with Gasteiger partial charge in [0.1, 0.15) is 5.75 Å². The van der Waals surface area contributed by atoms with Gasteiger partial charge in [-0.15, -0.1) is 10.2 Å². The van der Waals surface area contributed by atoms with E-state index >= 15 is 0 Å².